The smallest absolute Gasteiger partial charge is 0.255 e. The summed E-state index contributed by atoms with van der Waals surface area (Å²) in [6.07, 6.45) is 0. The highest BCUT2D eigenvalue weighted by molar-refractivity contribution is 6.30. The molecule has 1 N–H and O–H groups in total. The molecule has 1 rings (SSSR count). The second-order valence-electron chi connectivity index (χ2n) is 4.46. The third kappa shape index (κ3) is 5.01. The van der Waals surface area contributed by atoms with E-state index in [1.54, 1.807) is 24.3 Å². The third-order valence-electron chi connectivity index (χ3n) is 3.69. The van der Waals surface area contributed by atoms with Crippen LogP contribution in [-0.4, -0.2) is 36.7 Å². The van der Waals surface area contributed by atoms with Gasteiger partial charge in [0.1, 0.15) is 0 Å². The second-order valence-corrected chi connectivity index (χ2v) is 4.90. The number of carbonyl (C=O) groups excluding carboxylic acids is 1. The van der Waals surface area contributed by atoms with Gasteiger partial charge < -0.3 is 9.80 Å². The van der Waals surface area contributed by atoms with Gasteiger partial charge in [0.05, 0.1) is 19.6 Å². The predicted octanol–water partition coefficient (Wildman–Crippen LogP) is 3.33. The zero-order chi connectivity index (χ0) is 13.6. The van der Waals surface area contributed by atoms with Gasteiger partial charge in [-0.15, -0.1) is 12.4 Å². The van der Waals surface area contributed by atoms with Crippen LogP contribution in [0.1, 0.15) is 31.1 Å². The molecule has 0 aliphatic rings. The van der Waals surface area contributed by atoms with E-state index in [0.29, 0.717) is 17.3 Å². The minimum absolute atomic E-state index is 0. The Kier molecular flexibility index (Phi) is 8.07. The summed E-state index contributed by atoms with van der Waals surface area (Å²) in [6.45, 7) is 10.2. The molecular weight excluding hydrogens is 283 g/mol. The highest BCUT2D eigenvalue weighted by Crippen LogP contribution is 2.10. The van der Waals surface area contributed by atoms with Crippen molar-refractivity contribution >= 4 is 29.9 Å². The molecule has 0 unspecified atom stereocenters. The average molecular weight is 306 g/mol. The van der Waals surface area contributed by atoms with Gasteiger partial charge >= 0.3 is 0 Å². The van der Waals surface area contributed by atoms with Gasteiger partial charge in [-0.05, 0) is 45.0 Å². The van der Waals surface area contributed by atoms with E-state index < -0.39 is 0 Å². The van der Waals surface area contributed by atoms with Crippen molar-refractivity contribution in [3.05, 3.63) is 34.9 Å². The molecular formula is C14H23Cl2N2O+. The second kappa shape index (κ2) is 8.41. The molecule has 19 heavy (non-hydrogen) atoms. The van der Waals surface area contributed by atoms with Crippen molar-refractivity contribution in [2.24, 2.45) is 0 Å². The quantitative estimate of drug-likeness (QED) is 0.634. The van der Waals surface area contributed by atoms with E-state index in [9.17, 15) is 4.79 Å². The minimum Gasteiger partial charge on any atom is -0.307 e. The van der Waals surface area contributed by atoms with Gasteiger partial charge in [-0.2, -0.15) is 0 Å². The first-order chi connectivity index (χ1) is 8.56. The first-order valence-corrected chi connectivity index (χ1v) is 6.83. The number of benzene rings is 1. The molecule has 0 atom stereocenters. The zero-order valence-electron chi connectivity index (χ0n) is 11.8. The highest BCUT2D eigenvalue weighted by atomic mass is 35.5. The molecule has 0 aromatic heterocycles. The number of amides is 1. The van der Waals surface area contributed by atoms with E-state index in [2.05, 4.69) is 26.1 Å². The maximum Gasteiger partial charge on any atom is 0.255 e. The lowest BCUT2D eigenvalue weighted by Crippen LogP contribution is -2.54. The number of hydrogen-bond donors (Lipinski definition) is 1. The fourth-order valence-corrected chi connectivity index (χ4v) is 2.08. The van der Waals surface area contributed by atoms with Gasteiger partial charge in [0.2, 0.25) is 0 Å². The molecule has 0 spiro atoms. The Bertz CT molecular complexity index is 381. The van der Waals surface area contributed by atoms with Crippen LogP contribution in [0.15, 0.2) is 24.3 Å². The number of nitrogens with zero attached hydrogens (tertiary/aromatic N) is 1. The summed E-state index contributed by atoms with van der Waals surface area (Å²) in [5.74, 6) is -0.0375. The first-order valence-electron chi connectivity index (χ1n) is 6.45. The molecule has 0 saturated carbocycles. The first kappa shape index (κ1) is 18.2. The van der Waals surface area contributed by atoms with Crippen LogP contribution >= 0.6 is 24.0 Å². The number of nitrogens with one attached hydrogen (secondary N) is 1. The lowest BCUT2D eigenvalue weighted by molar-refractivity contribution is -0.924. The monoisotopic (exact) mass is 305 g/mol. The number of rotatable bonds is 6. The van der Waals surface area contributed by atoms with Gasteiger partial charge in [-0.25, -0.2) is 0 Å². The Hall–Kier alpha value is -0.770. The SMILES string of the molecule is CC[N+](CC)(CC)CNC(=O)c1ccc(Cl)cc1.Cl. The largest absolute Gasteiger partial charge is 0.307 e. The van der Waals surface area contributed by atoms with Crippen molar-refractivity contribution in [3.8, 4) is 0 Å². The molecule has 0 aliphatic heterocycles. The maximum atomic E-state index is 12.0. The fourth-order valence-electron chi connectivity index (χ4n) is 1.95. The van der Waals surface area contributed by atoms with E-state index in [4.69, 9.17) is 11.6 Å². The molecule has 1 aromatic rings. The molecule has 0 fully saturated rings. The molecule has 0 bridgehead atoms. The molecule has 0 heterocycles. The van der Waals surface area contributed by atoms with Gasteiger partial charge in [0.25, 0.3) is 5.91 Å². The van der Waals surface area contributed by atoms with Crippen LogP contribution in [0, 0.1) is 0 Å². The van der Waals surface area contributed by atoms with Crippen LogP contribution in [0.25, 0.3) is 0 Å². The van der Waals surface area contributed by atoms with Crippen LogP contribution in [0.2, 0.25) is 5.02 Å². The van der Waals surface area contributed by atoms with Gasteiger partial charge in [0, 0.05) is 10.6 Å². The summed E-state index contributed by atoms with van der Waals surface area (Å²) in [6, 6.07) is 6.96. The van der Waals surface area contributed by atoms with E-state index in [1.165, 1.54) is 0 Å². The van der Waals surface area contributed by atoms with Crippen LogP contribution < -0.4 is 5.32 Å². The van der Waals surface area contributed by atoms with Crippen molar-refractivity contribution in [1.82, 2.24) is 5.32 Å². The third-order valence-corrected chi connectivity index (χ3v) is 3.95. The lowest BCUT2D eigenvalue weighted by Gasteiger charge is -2.35. The Labute approximate surface area is 126 Å². The van der Waals surface area contributed by atoms with Gasteiger partial charge in [-0.1, -0.05) is 11.6 Å². The Morgan fingerprint density at radius 3 is 2.00 bits per heavy atom. The molecule has 0 saturated heterocycles. The summed E-state index contributed by atoms with van der Waals surface area (Å²) in [7, 11) is 0. The fraction of sp³-hybridized carbons (Fsp3) is 0.500. The molecule has 0 aliphatic carbocycles. The van der Waals surface area contributed by atoms with E-state index in [-0.39, 0.29) is 18.3 Å². The number of quaternary nitrogens is 1. The van der Waals surface area contributed by atoms with Gasteiger partial charge in [0.15, 0.2) is 6.67 Å². The highest BCUT2D eigenvalue weighted by Gasteiger charge is 2.21. The molecule has 5 heteroatoms. The molecule has 1 amide bonds. The molecule has 3 nitrogen and oxygen atoms in total. The average Bonchev–Trinajstić information content (AvgIpc) is 2.41. The van der Waals surface area contributed by atoms with Crippen molar-refractivity contribution in [1.29, 1.82) is 0 Å². The minimum atomic E-state index is -0.0375. The van der Waals surface area contributed by atoms with Crippen molar-refractivity contribution in [2.75, 3.05) is 26.3 Å². The Morgan fingerprint density at radius 1 is 1.11 bits per heavy atom. The molecule has 0 radical (unpaired) electrons. The summed E-state index contributed by atoms with van der Waals surface area (Å²) < 4.78 is 0.902. The van der Waals surface area contributed by atoms with E-state index in [0.717, 1.165) is 24.1 Å². The van der Waals surface area contributed by atoms with Gasteiger partial charge in [-0.3, -0.25) is 4.79 Å². The Balaban J connectivity index is 0.00000324. The van der Waals surface area contributed by atoms with Crippen molar-refractivity contribution in [2.45, 2.75) is 20.8 Å². The van der Waals surface area contributed by atoms with Crippen LogP contribution in [0.4, 0.5) is 0 Å². The summed E-state index contributed by atoms with van der Waals surface area (Å²) in [5.41, 5.74) is 0.654. The summed E-state index contributed by atoms with van der Waals surface area (Å²) in [4.78, 5) is 12.0. The number of hydrogen-bond acceptors (Lipinski definition) is 1. The zero-order valence-corrected chi connectivity index (χ0v) is 13.4. The van der Waals surface area contributed by atoms with Crippen molar-refractivity contribution < 1.29 is 9.28 Å². The normalized spacial score (nSPS) is 10.7. The predicted molar refractivity (Wildman–Crippen MR) is 82.9 cm³/mol. The summed E-state index contributed by atoms with van der Waals surface area (Å²) in [5, 5.41) is 3.65. The number of carbonyl (C=O) groups is 1. The van der Waals surface area contributed by atoms with Crippen LogP contribution in [-0.2, 0) is 0 Å². The standard InChI is InChI=1S/C14H21ClN2O.ClH/c1-4-17(5-2,6-3)11-16-14(18)12-7-9-13(15)10-8-12;/h7-10H,4-6,11H2,1-3H3;1H/p+1. The van der Waals surface area contributed by atoms with E-state index in [1.807, 2.05) is 0 Å². The van der Waals surface area contributed by atoms with Crippen molar-refractivity contribution in [3.63, 3.8) is 0 Å². The molecule has 1 aromatic carbocycles. The maximum absolute atomic E-state index is 12.0. The van der Waals surface area contributed by atoms with E-state index >= 15 is 0 Å². The topological polar surface area (TPSA) is 29.1 Å². The van der Waals surface area contributed by atoms with Crippen LogP contribution in [0.5, 0.6) is 0 Å². The Morgan fingerprint density at radius 2 is 1.58 bits per heavy atom. The lowest BCUT2D eigenvalue weighted by atomic mass is 10.2. The summed E-state index contributed by atoms with van der Waals surface area (Å²) >= 11 is 5.80. The number of halogens is 2. The van der Waals surface area contributed by atoms with Crippen LogP contribution in [0.3, 0.4) is 0 Å². The molecule has 108 valence electrons.